The summed E-state index contributed by atoms with van der Waals surface area (Å²) in [6.07, 6.45) is 0. The quantitative estimate of drug-likeness (QED) is 0.181. The van der Waals surface area contributed by atoms with Gasteiger partial charge in [0.05, 0.1) is 16.8 Å². The van der Waals surface area contributed by atoms with E-state index in [4.69, 9.17) is 4.42 Å². The Morgan fingerprint density at radius 2 is 0.625 bits per heavy atom. The fourth-order valence-electron chi connectivity index (χ4n) is 8.81. The van der Waals surface area contributed by atoms with Crippen LogP contribution in [0, 0.1) is 0 Å². The number of hydrogen-bond acceptors (Lipinski definition) is 2. The second kappa shape index (κ2) is 13.2. The second-order valence-electron chi connectivity index (χ2n) is 14.4. The van der Waals surface area contributed by atoms with Gasteiger partial charge in [-0.25, -0.2) is 0 Å². The molecule has 0 saturated heterocycles. The molecule has 0 N–H and O–H groups in total. The molecule has 2 nitrogen and oxygen atoms in total. The van der Waals surface area contributed by atoms with Crippen molar-refractivity contribution in [3.63, 3.8) is 0 Å². The maximum absolute atomic E-state index is 6.52. The third kappa shape index (κ3) is 5.11. The summed E-state index contributed by atoms with van der Waals surface area (Å²) in [7, 11) is 0. The first-order chi connectivity index (χ1) is 27.8. The lowest BCUT2D eigenvalue weighted by Gasteiger charge is -2.28. The van der Waals surface area contributed by atoms with Crippen LogP contribution >= 0.6 is 0 Å². The van der Waals surface area contributed by atoms with Gasteiger partial charge in [-0.05, 0) is 96.0 Å². The van der Waals surface area contributed by atoms with Gasteiger partial charge in [-0.3, -0.25) is 0 Å². The number of anilines is 3. The Labute approximate surface area is 324 Å². The van der Waals surface area contributed by atoms with Gasteiger partial charge >= 0.3 is 0 Å². The van der Waals surface area contributed by atoms with Crippen molar-refractivity contribution in [1.29, 1.82) is 0 Å². The van der Waals surface area contributed by atoms with E-state index in [0.29, 0.717) is 0 Å². The predicted molar refractivity (Wildman–Crippen MR) is 239 cm³/mol. The van der Waals surface area contributed by atoms with Crippen molar-refractivity contribution < 1.29 is 4.42 Å². The van der Waals surface area contributed by atoms with E-state index in [1.807, 2.05) is 6.07 Å². The van der Waals surface area contributed by atoms with E-state index in [1.165, 1.54) is 65.0 Å². The Morgan fingerprint density at radius 1 is 0.250 bits per heavy atom. The van der Waals surface area contributed by atoms with E-state index in [1.54, 1.807) is 0 Å². The van der Waals surface area contributed by atoms with Gasteiger partial charge in [0, 0.05) is 16.5 Å². The van der Waals surface area contributed by atoms with Gasteiger partial charge in [0.1, 0.15) is 11.2 Å². The molecule has 0 aliphatic rings. The van der Waals surface area contributed by atoms with E-state index in [-0.39, 0.29) is 0 Å². The smallest absolute Gasteiger partial charge is 0.137 e. The molecule has 0 atom stereocenters. The first-order valence-electron chi connectivity index (χ1n) is 19.2. The van der Waals surface area contributed by atoms with Gasteiger partial charge in [-0.15, -0.1) is 0 Å². The summed E-state index contributed by atoms with van der Waals surface area (Å²) in [5, 5.41) is 14.1. The van der Waals surface area contributed by atoms with Crippen LogP contribution in [0.25, 0.3) is 86.9 Å². The summed E-state index contributed by atoms with van der Waals surface area (Å²) in [4.78, 5) is 2.45. The van der Waals surface area contributed by atoms with E-state index in [2.05, 4.69) is 211 Å². The number of fused-ring (bicyclic) bond motifs is 13. The van der Waals surface area contributed by atoms with Crippen molar-refractivity contribution in [1.82, 2.24) is 0 Å². The Balaban J connectivity index is 1.35. The zero-order valence-electron chi connectivity index (χ0n) is 30.6. The van der Waals surface area contributed by atoms with Crippen LogP contribution in [-0.4, -0.2) is 0 Å². The maximum Gasteiger partial charge on any atom is 0.137 e. The van der Waals surface area contributed by atoms with Crippen LogP contribution in [0.5, 0.6) is 0 Å². The lowest BCUT2D eigenvalue weighted by molar-refractivity contribution is 0.669. The predicted octanol–water partition coefficient (Wildman–Crippen LogP) is 15.6. The molecule has 0 aliphatic heterocycles. The standard InChI is InChI=1S/C54H35NO/c1-2-16-36(17-3-1)37-32-34-38(35-33-37)55(50-29-15-31-52-54(50)48-26-12-13-30-51(48)56-52)49-28-14-27-47-45-23-9-8-22-43(45)41-19-5-4-18-39(41)40-20-6-7-21-42(40)44-24-10-11-25-46(44)53(47)49/h1-35H. The number of para-hydroxylation sites is 1. The molecule has 262 valence electrons. The molecule has 2 heteroatoms. The van der Waals surface area contributed by atoms with Crippen LogP contribution in [0.3, 0.4) is 0 Å². The van der Waals surface area contributed by atoms with Crippen molar-refractivity contribution in [3.05, 3.63) is 212 Å². The zero-order chi connectivity index (χ0) is 37.0. The third-order valence-corrected chi connectivity index (χ3v) is 11.3. The van der Waals surface area contributed by atoms with Crippen molar-refractivity contribution in [3.8, 4) is 11.1 Å². The van der Waals surface area contributed by atoms with Gasteiger partial charge in [0.15, 0.2) is 0 Å². The third-order valence-electron chi connectivity index (χ3n) is 11.3. The summed E-state index contributed by atoms with van der Waals surface area (Å²) in [6.45, 7) is 0. The topological polar surface area (TPSA) is 16.4 Å². The molecule has 0 bridgehead atoms. The molecular formula is C54H35NO. The van der Waals surface area contributed by atoms with Crippen molar-refractivity contribution in [2.24, 2.45) is 0 Å². The molecule has 10 aromatic carbocycles. The highest BCUT2D eigenvalue weighted by molar-refractivity contribution is 6.29. The molecule has 0 fully saturated rings. The molecule has 11 aromatic rings. The van der Waals surface area contributed by atoms with Gasteiger partial charge in [0.25, 0.3) is 0 Å². The molecule has 0 unspecified atom stereocenters. The second-order valence-corrected chi connectivity index (χ2v) is 14.4. The molecule has 0 radical (unpaired) electrons. The highest BCUT2D eigenvalue weighted by atomic mass is 16.3. The Kier molecular flexibility index (Phi) is 7.53. The first-order valence-corrected chi connectivity index (χ1v) is 19.2. The van der Waals surface area contributed by atoms with Crippen LogP contribution in [0.4, 0.5) is 17.1 Å². The van der Waals surface area contributed by atoms with Crippen LogP contribution in [0.2, 0.25) is 0 Å². The molecule has 11 rings (SSSR count). The van der Waals surface area contributed by atoms with Crippen molar-refractivity contribution in [2.75, 3.05) is 4.90 Å². The molecule has 0 amide bonds. The van der Waals surface area contributed by atoms with Gasteiger partial charge < -0.3 is 9.32 Å². The molecule has 0 spiro atoms. The summed E-state index contributed by atoms with van der Waals surface area (Å²) in [6, 6.07) is 76.8. The van der Waals surface area contributed by atoms with E-state index in [9.17, 15) is 0 Å². The molecule has 1 heterocycles. The van der Waals surface area contributed by atoms with Crippen molar-refractivity contribution >= 4 is 92.9 Å². The molecule has 0 aliphatic carbocycles. The Hall–Kier alpha value is -7.42. The monoisotopic (exact) mass is 713 g/mol. The largest absolute Gasteiger partial charge is 0.456 e. The van der Waals surface area contributed by atoms with E-state index in [0.717, 1.165) is 39.0 Å². The lowest BCUT2D eigenvalue weighted by Crippen LogP contribution is -2.11. The van der Waals surface area contributed by atoms with Crippen LogP contribution < -0.4 is 4.90 Å². The molecule has 1 aromatic heterocycles. The molecular weight excluding hydrogens is 679 g/mol. The minimum atomic E-state index is 0.859. The van der Waals surface area contributed by atoms with E-state index < -0.39 is 0 Å². The summed E-state index contributed by atoms with van der Waals surface area (Å²) < 4.78 is 6.52. The van der Waals surface area contributed by atoms with Crippen LogP contribution in [0.15, 0.2) is 217 Å². The van der Waals surface area contributed by atoms with Crippen LogP contribution in [0.1, 0.15) is 0 Å². The van der Waals surface area contributed by atoms with Crippen LogP contribution in [-0.2, 0) is 0 Å². The van der Waals surface area contributed by atoms with Crippen molar-refractivity contribution in [2.45, 2.75) is 0 Å². The summed E-state index contributed by atoms with van der Waals surface area (Å²) >= 11 is 0. The Bertz CT molecular complexity index is 3270. The molecule has 0 saturated carbocycles. The zero-order valence-corrected chi connectivity index (χ0v) is 30.6. The highest BCUT2D eigenvalue weighted by Crippen LogP contribution is 2.47. The van der Waals surface area contributed by atoms with E-state index >= 15 is 0 Å². The SMILES string of the molecule is c1ccc(-c2ccc(N(c3cccc4oc5ccccc5c34)c3cccc4c5ccccc5c5ccccc5c5ccccc5c5ccccc5c34)cc2)cc1. The minimum Gasteiger partial charge on any atom is -0.456 e. The summed E-state index contributed by atoms with van der Waals surface area (Å²) in [5.74, 6) is 0. The number of nitrogens with zero attached hydrogens (tertiary/aromatic N) is 1. The number of rotatable bonds is 4. The van der Waals surface area contributed by atoms with Gasteiger partial charge in [-0.1, -0.05) is 176 Å². The average Bonchev–Trinajstić information content (AvgIpc) is 3.66. The minimum absolute atomic E-state index is 0.859. The normalized spacial score (nSPS) is 11.6. The number of furan rings is 1. The number of benzene rings is 9. The fraction of sp³-hybridized carbons (Fsp3) is 0. The van der Waals surface area contributed by atoms with Gasteiger partial charge in [-0.2, -0.15) is 0 Å². The average molecular weight is 714 g/mol. The number of hydrogen-bond donors (Lipinski definition) is 0. The fourth-order valence-corrected chi connectivity index (χ4v) is 8.81. The van der Waals surface area contributed by atoms with Gasteiger partial charge in [0.2, 0.25) is 0 Å². The highest BCUT2D eigenvalue weighted by Gasteiger charge is 2.22. The molecule has 56 heavy (non-hydrogen) atoms. The Morgan fingerprint density at radius 3 is 1.18 bits per heavy atom. The first kappa shape index (κ1) is 32.0. The maximum atomic E-state index is 6.52. The lowest BCUT2D eigenvalue weighted by atomic mass is 9.93. The summed E-state index contributed by atoms with van der Waals surface area (Å²) in [5.41, 5.74) is 7.30.